The molecule has 1 atom stereocenters. The van der Waals surface area contributed by atoms with Crippen LogP contribution in [0, 0.1) is 5.92 Å². The van der Waals surface area contributed by atoms with Gasteiger partial charge in [0, 0.05) is 13.0 Å². The number of hydrogen-bond donors (Lipinski definition) is 0. The maximum atomic E-state index is 12.0. The van der Waals surface area contributed by atoms with Gasteiger partial charge in [-0.2, -0.15) is 0 Å². The van der Waals surface area contributed by atoms with Gasteiger partial charge in [-0.3, -0.25) is 4.79 Å². The van der Waals surface area contributed by atoms with Crippen LogP contribution in [0.15, 0.2) is 0 Å². The normalized spacial score (nSPS) is 21.7. The summed E-state index contributed by atoms with van der Waals surface area (Å²) < 4.78 is 5.30. The predicted octanol–water partition coefficient (Wildman–Crippen LogP) is 3.35. The van der Waals surface area contributed by atoms with Crippen molar-refractivity contribution in [1.29, 1.82) is 0 Å². The molecule has 0 N–H and O–H groups in total. The molecule has 0 radical (unpaired) electrons. The fraction of sp³-hybridized carbons (Fsp3) is 0.857. The number of carbonyl (C=O) groups excluding carboxylic acids is 2. The summed E-state index contributed by atoms with van der Waals surface area (Å²) in [6, 6.07) is 0. The SMILES string of the molecule is CCCC1CCCC(=O)N(C(=O)OC(C)(C)C)C1. The molecular formula is C14H25NO3. The van der Waals surface area contributed by atoms with Crippen LogP contribution < -0.4 is 0 Å². The van der Waals surface area contributed by atoms with Crippen molar-refractivity contribution >= 4 is 12.0 Å². The summed E-state index contributed by atoms with van der Waals surface area (Å²) in [6.07, 6.45) is 4.02. The van der Waals surface area contributed by atoms with Crippen LogP contribution in [-0.4, -0.2) is 29.0 Å². The standard InChI is InChI=1S/C14H25NO3/c1-5-7-11-8-6-9-12(16)15(10-11)13(17)18-14(2,3)4/h11H,5-10H2,1-4H3. The highest BCUT2D eigenvalue weighted by molar-refractivity contribution is 5.92. The number of carbonyl (C=O) groups is 2. The van der Waals surface area contributed by atoms with Gasteiger partial charge in [0.15, 0.2) is 0 Å². The third kappa shape index (κ3) is 4.67. The summed E-state index contributed by atoms with van der Waals surface area (Å²) >= 11 is 0. The van der Waals surface area contributed by atoms with Gasteiger partial charge in [-0.25, -0.2) is 9.69 Å². The van der Waals surface area contributed by atoms with Crippen molar-refractivity contribution in [1.82, 2.24) is 4.90 Å². The quantitative estimate of drug-likeness (QED) is 0.760. The van der Waals surface area contributed by atoms with Gasteiger partial charge in [0.1, 0.15) is 5.60 Å². The van der Waals surface area contributed by atoms with E-state index in [0.717, 1.165) is 25.7 Å². The fourth-order valence-electron chi connectivity index (χ4n) is 2.27. The van der Waals surface area contributed by atoms with Gasteiger partial charge in [-0.05, 0) is 46.0 Å². The Bertz CT molecular complexity index is 307. The molecule has 1 aliphatic rings. The summed E-state index contributed by atoms with van der Waals surface area (Å²) in [7, 11) is 0. The molecule has 1 heterocycles. The smallest absolute Gasteiger partial charge is 0.417 e. The molecule has 0 aromatic carbocycles. The first-order chi connectivity index (χ1) is 8.33. The number of hydrogen-bond acceptors (Lipinski definition) is 3. The van der Waals surface area contributed by atoms with Crippen molar-refractivity contribution in [2.24, 2.45) is 5.92 Å². The van der Waals surface area contributed by atoms with Gasteiger partial charge < -0.3 is 4.74 Å². The van der Waals surface area contributed by atoms with E-state index < -0.39 is 11.7 Å². The van der Waals surface area contributed by atoms with Gasteiger partial charge in [-0.15, -0.1) is 0 Å². The van der Waals surface area contributed by atoms with Crippen molar-refractivity contribution in [3.05, 3.63) is 0 Å². The second-order valence-corrected chi connectivity index (χ2v) is 6.03. The van der Waals surface area contributed by atoms with Crippen LogP contribution >= 0.6 is 0 Å². The average molecular weight is 255 g/mol. The number of ether oxygens (including phenoxy) is 1. The van der Waals surface area contributed by atoms with Crippen LogP contribution in [-0.2, 0) is 9.53 Å². The molecule has 1 aliphatic heterocycles. The highest BCUT2D eigenvalue weighted by Gasteiger charge is 2.30. The lowest BCUT2D eigenvalue weighted by atomic mass is 9.98. The highest BCUT2D eigenvalue weighted by Crippen LogP contribution is 2.23. The second-order valence-electron chi connectivity index (χ2n) is 6.03. The zero-order valence-corrected chi connectivity index (χ0v) is 12.0. The third-order valence-electron chi connectivity index (χ3n) is 3.06. The first-order valence-electron chi connectivity index (χ1n) is 6.87. The lowest BCUT2D eigenvalue weighted by Crippen LogP contribution is -2.42. The van der Waals surface area contributed by atoms with Gasteiger partial charge in [0.05, 0.1) is 0 Å². The number of likely N-dealkylation sites (tertiary alicyclic amines) is 1. The molecule has 4 nitrogen and oxygen atoms in total. The van der Waals surface area contributed by atoms with Crippen LogP contribution in [0.1, 0.15) is 59.8 Å². The summed E-state index contributed by atoms with van der Waals surface area (Å²) in [5, 5.41) is 0. The largest absolute Gasteiger partial charge is 0.443 e. The first kappa shape index (κ1) is 15.0. The van der Waals surface area contributed by atoms with Gasteiger partial charge in [0.25, 0.3) is 0 Å². The van der Waals surface area contributed by atoms with Crippen LogP contribution in [0.4, 0.5) is 4.79 Å². The lowest BCUT2D eigenvalue weighted by Gasteiger charge is -2.27. The molecule has 0 saturated carbocycles. The van der Waals surface area contributed by atoms with Crippen LogP contribution in [0.2, 0.25) is 0 Å². The Kier molecular flexibility index (Phi) is 5.17. The lowest BCUT2D eigenvalue weighted by molar-refractivity contribution is -0.130. The van der Waals surface area contributed by atoms with E-state index in [0.29, 0.717) is 18.9 Å². The number of imide groups is 1. The van der Waals surface area contributed by atoms with Gasteiger partial charge >= 0.3 is 6.09 Å². The van der Waals surface area contributed by atoms with Gasteiger partial charge in [-0.1, -0.05) is 13.3 Å². The molecule has 1 fully saturated rings. The van der Waals surface area contributed by atoms with Crippen molar-refractivity contribution in [2.45, 2.75) is 65.4 Å². The van der Waals surface area contributed by atoms with Crippen LogP contribution in [0.5, 0.6) is 0 Å². The number of nitrogens with zero attached hydrogens (tertiary/aromatic N) is 1. The topological polar surface area (TPSA) is 46.6 Å². The molecule has 1 saturated heterocycles. The first-order valence-corrected chi connectivity index (χ1v) is 6.87. The fourth-order valence-corrected chi connectivity index (χ4v) is 2.27. The van der Waals surface area contributed by atoms with Crippen molar-refractivity contribution in [3.8, 4) is 0 Å². The van der Waals surface area contributed by atoms with E-state index >= 15 is 0 Å². The molecule has 2 amide bonds. The number of rotatable bonds is 2. The minimum Gasteiger partial charge on any atom is -0.443 e. The molecular weight excluding hydrogens is 230 g/mol. The average Bonchev–Trinajstić information content (AvgIpc) is 2.39. The molecule has 1 unspecified atom stereocenters. The summed E-state index contributed by atoms with van der Waals surface area (Å²) in [5.41, 5.74) is -0.552. The van der Waals surface area contributed by atoms with E-state index in [-0.39, 0.29) is 5.91 Å². The predicted molar refractivity (Wildman–Crippen MR) is 70.2 cm³/mol. The Labute approximate surface area is 110 Å². The molecule has 18 heavy (non-hydrogen) atoms. The van der Waals surface area contributed by atoms with Crippen LogP contribution in [0.25, 0.3) is 0 Å². The Hall–Kier alpha value is -1.06. The van der Waals surface area contributed by atoms with Crippen molar-refractivity contribution in [3.63, 3.8) is 0 Å². The van der Waals surface area contributed by atoms with E-state index in [2.05, 4.69) is 6.92 Å². The molecule has 1 rings (SSSR count). The van der Waals surface area contributed by atoms with E-state index in [1.165, 1.54) is 4.90 Å². The highest BCUT2D eigenvalue weighted by atomic mass is 16.6. The zero-order chi connectivity index (χ0) is 13.8. The minimum atomic E-state index is -0.552. The zero-order valence-electron chi connectivity index (χ0n) is 12.0. The monoisotopic (exact) mass is 255 g/mol. The minimum absolute atomic E-state index is 0.0946. The molecule has 0 aromatic heterocycles. The van der Waals surface area contributed by atoms with E-state index in [9.17, 15) is 9.59 Å². The third-order valence-corrected chi connectivity index (χ3v) is 3.06. The van der Waals surface area contributed by atoms with Crippen molar-refractivity contribution in [2.75, 3.05) is 6.54 Å². The molecule has 0 bridgehead atoms. The maximum absolute atomic E-state index is 12.0. The Morgan fingerprint density at radius 1 is 1.44 bits per heavy atom. The molecule has 4 heteroatoms. The maximum Gasteiger partial charge on any atom is 0.417 e. The molecule has 0 spiro atoms. The van der Waals surface area contributed by atoms with E-state index in [1.807, 2.05) is 20.8 Å². The van der Waals surface area contributed by atoms with Crippen molar-refractivity contribution < 1.29 is 14.3 Å². The number of amides is 2. The van der Waals surface area contributed by atoms with Crippen LogP contribution in [0.3, 0.4) is 0 Å². The molecule has 0 aliphatic carbocycles. The Morgan fingerprint density at radius 3 is 2.67 bits per heavy atom. The molecule has 104 valence electrons. The van der Waals surface area contributed by atoms with Gasteiger partial charge in [0.2, 0.25) is 5.91 Å². The summed E-state index contributed by atoms with van der Waals surface area (Å²) in [5.74, 6) is 0.330. The Morgan fingerprint density at radius 2 is 2.11 bits per heavy atom. The van der Waals surface area contributed by atoms with E-state index in [4.69, 9.17) is 4.74 Å². The van der Waals surface area contributed by atoms with E-state index in [1.54, 1.807) is 0 Å². The summed E-state index contributed by atoms with van der Waals surface area (Å²) in [6.45, 7) is 8.09. The molecule has 0 aromatic rings. The Balaban J connectivity index is 2.69. The second kappa shape index (κ2) is 6.21. The summed E-state index contributed by atoms with van der Waals surface area (Å²) in [4.78, 5) is 25.2.